The first-order valence-electron chi connectivity index (χ1n) is 7.14. The molecule has 7 nitrogen and oxygen atoms in total. The van der Waals surface area contributed by atoms with E-state index in [9.17, 15) is 14.9 Å². The number of nitrogens with one attached hydrogen (secondary N) is 1. The number of anilines is 1. The minimum atomic E-state index is -0.544. The largest absolute Gasteiger partial charge is 0.336 e. The molecular formula is C14H20N4O3. The fraction of sp³-hybridized carbons (Fsp3) is 0.500. The van der Waals surface area contributed by atoms with Crippen LogP contribution in [0.1, 0.15) is 43.0 Å². The van der Waals surface area contributed by atoms with Gasteiger partial charge in [0.15, 0.2) is 0 Å². The maximum absolute atomic E-state index is 12.6. The van der Waals surface area contributed by atoms with E-state index in [1.807, 2.05) is 11.8 Å². The molecule has 1 fully saturated rings. The van der Waals surface area contributed by atoms with Gasteiger partial charge in [-0.25, -0.2) is 0 Å². The zero-order valence-electron chi connectivity index (χ0n) is 12.0. The number of nitro groups is 1. The number of amides is 1. The van der Waals surface area contributed by atoms with E-state index >= 15 is 0 Å². The van der Waals surface area contributed by atoms with Crippen LogP contribution in [0, 0.1) is 10.1 Å². The molecule has 3 N–H and O–H groups in total. The number of rotatable bonds is 5. The molecule has 0 aliphatic heterocycles. The lowest BCUT2D eigenvalue weighted by Crippen LogP contribution is -2.38. The first-order chi connectivity index (χ1) is 10.1. The van der Waals surface area contributed by atoms with Crippen LogP contribution in [0.3, 0.4) is 0 Å². The van der Waals surface area contributed by atoms with Crippen LogP contribution in [-0.2, 0) is 0 Å². The number of benzene rings is 1. The highest BCUT2D eigenvalue weighted by molar-refractivity contribution is 5.96. The lowest BCUT2D eigenvalue weighted by molar-refractivity contribution is -0.384. The summed E-state index contributed by atoms with van der Waals surface area (Å²) >= 11 is 0. The topological polar surface area (TPSA) is 102 Å². The third-order valence-corrected chi connectivity index (χ3v) is 3.96. The van der Waals surface area contributed by atoms with E-state index < -0.39 is 4.92 Å². The van der Waals surface area contributed by atoms with Crippen LogP contribution in [0.25, 0.3) is 0 Å². The van der Waals surface area contributed by atoms with Gasteiger partial charge in [-0.05, 0) is 31.9 Å². The summed E-state index contributed by atoms with van der Waals surface area (Å²) in [5.74, 6) is 5.09. The van der Waals surface area contributed by atoms with Crippen LogP contribution in [0.4, 0.5) is 11.4 Å². The Bertz CT molecular complexity index is 541. The van der Waals surface area contributed by atoms with E-state index in [4.69, 9.17) is 5.84 Å². The molecule has 0 heterocycles. The second-order valence-electron chi connectivity index (χ2n) is 5.16. The predicted octanol–water partition coefficient (Wildman–Crippen LogP) is 2.29. The van der Waals surface area contributed by atoms with Gasteiger partial charge in [0.1, 0.15) is 5.69 Å². The van der Waals surface area contributed by atoms with Gasteiger partial charge in [0.25, 0.3) is 11.6 Å². The van der Waals surface area contributed by atoms with Crippen molar-refractivity contribution in [3.63, 3.8) is 0 Å². The van der Waals surface area contributed by atoms with Gasteiger partial charge in [-0.1, -0.05) is 12.8 Å². The number of hydrogen-bond acceptors (Lipinski definition) is 5. The summed E-state index contributed by atoms with van der Waals surface area (Å²) in [4.78, 5) is 24.9. The van der Waals surface area contributed by atoms with Crippen molar-refractivity contribution in [3.05, 3.63) is 33.9 Å². The first-order valence-corrected chi connectivity index (χ1v) is 7.14. The van der Waals surface area contributed by atoms with Gasteiger partial charge in [0, 0.05) is 24.2 Å². The Balaban J connectivity index is 2.29. The monoisotopic (exact) mass is 292 g/mol. The van der Waals surface area contributed by atoms with Crippen LogP contribution in [0.5, 0.6) is 0 Å². The number of hydrazine groups is 1. The van der Waals surface area contributed by atoms with Crippen molar-refractivity contribution in [2.45, 2.75) is 38.6 Å². The number of nitrogens with two attached hydrogens (primary N) is 1. The Kier molecular flexibility index (Phi) is 4.74. The smallest absolute Gasteiger partial charge is 0.294 e. The SMILES string of the molecule is CCN(C(=O)c1ccc(NN)c([N+](=O)[O-])c1)C1CCCC1. The minimum Gasteiger partial charge on any atom is -0.336 e. The predicted molar refractivity (Wildman–Crippen MR) is 79.9 cm³/mol. The van der Waals surface area contributed by atoms with E-state index in [2.05, 4.69) is 5.43 Å². The molecule has 1 aliphatic carbocycles. The molecule has 114 valence electrons. The number of nitro benzene ring substituents is 1. The van der Waals surface area contributed by atoms with Gasteiger partial charge in [-0.15, -0.1) is 0 Å². The molecular weight excluding hydrogens is 272 g/mol. The van der Waals surface area contributed by atoms with Crippen LogP contribution in [0.2, 0.25) is 0 Å². The standard InChI is InChI=1S/C14H20N4O3/c1-2-17(11-5-3-4-6-11)14(19)10-7-8-12(16-15)13(9-10)18(20)21/h7-9,11,16H,2-6,15H2,1H3. The number of nitrogen functional groups attached to an aromatic ring is 1. The lowest BCUT2D eigenvalue weighted by atomic mass is 10.1. The van der Waals surface area contributed by atoms with Gasteiger partial charge in [-0.2, -0.15) is 0 Å². The molecule has 2 rings (SSSR count). The molecule has 0 bridgehead atoms. The van der Waals surface area contributed by atoms with Crippen LogP contribution >= 0.6 is 0 Å². The van der Waals surface area contributed by atoms with E-state index in [1.165, 1.54) is 12.1 Å². The van der Waals surface area contributed by atoms with E-state index in [0.717, 1.165) is 25.7 Å². The summed E-state index contributed by atoms with van der Waals surface area (Å²) in [6.07, 6.45) is 4.27. The molecule has 1 saturated carbocycles. The van der Waals surface area contributed by atoms with Crippen LogP contribution in [-0.4, -0.2) is 28.3 Å². The van der Waals surface area contributed by atoms with Gasteiger partial charge >= 0.3 is 0 Å². The summed E-state index contributed by atoms with van der Waals surface area (Å²) in [6.45, 7) is 2.54. The average molecular weight is 292 g/mol. The molecule has 0 unspecified atom stereocenters. The molecule has 0 atom stereocenters. The van der Waals surface area contributed by atoms with Crippen molar-refractivity contribution in [3.8, 4) is 0 Å². The normalized spacial score (nSPS) is 15.0. The van der Waals surface area contributed by atoms with Crippen molar-refractivity contribution in [1.29, 1.82) is 0 Å². The Labute approximate surface area is 123 Å². The highest BCUT2D eigenvalue weighted by Gasteiger charge is 2.27. The second kappa shape index (κ2) is 6.53. The van der Waals surface area contributed by atoms with Crippen molar-refractivity contribution < 1.29 is 9.72 Å². The number of carbonyl (C=O) groups excluding carboxylic acids is 1. The fourth-order valence-electron chi connectivity index (χ4n) is 2.89. The number of nitrogens with zero attached hydrogens (tertiary/aromatic N) is 2. The molecule has 0 aromatic heterocycles. The Morgan fingerprint density at radius 1 is 1.48 bits per heavy atom. The summed E-state index contributed by atoms with van der Waals surface area (Å²) in [7, 11) is 0. The molecule has 1 aromatic carbocycles. The quantitative estimate of drug-likeness (QED) is 0.492. The second-order valence-corrected chi connectivity index (χ2v) is 5.16. The zero-order chi connectivity index (χ0) is 15.4. The van der Waals surface area contributed by atoms with Gasteiger partial charge < -0.3 is 10.3 Å². The zero-order valence-corrected chi connectivity index (χ0v) is 12.0. The summed E-state index contributed by atoms with van der Waals surface area (Å²) in [5, 5.41) is 11.0. The third-order valence-electron chi connectivity index (χ3n) is 3.96. The molecule has 1 aliphatic rings. The van der Waals surface area contributed by atoms with E-state index in [0.29, 0.717) is 12.1 Å². The molecule has 0 radical (unpaired) electrons. The molecule has 0 spiro atoms. The Hall–Kier alpha value is -2.15. The molecule has 0 saturated heterocycles. The van der Waals surface area contributed by atoms with Gasteiger partial charge in [-0.3, -0.25) is 20.8 Å². The van der Waals surface area contributed by atoms with Gasteiger partial charge in [0.05, 0.1) is 4.92 Å². The van der Waals surface area contributed by atoms with Gasteiger partial charge in [0.2, 0.25) is 0 Å². The molecule has 1 aromatic rings. The molecule has 1 amide bonds. The highest BCUT2D eigenvalue weighted by atomic mass is 16.6. The average Bonchev–Trinajstić information content (AvgIpc) is 3.01. The third kappa shape index (κ3) is 3.13. The summed E-state index contributed by atoms with van der Waals surface area (Å²) in [5.41, 5.74) is 2.61. The molecule has 7 heteroatoms. The highest BCUT2D eigenvalue weighted by Crippen LogP contribution is 2.28. The Morgan fingerprint density at radius 2 is 2.14 bits per heavy atom. The summed E-state index contributed by atoms with van der Waals surface area (Å²) < 4.78 is 0. The maximum atomic E-state index is 12.6. The van der Waals surface area contributed by atoms with Crippen molar-refractivity contribution >= 4 is 17.3 Å². The minimum absolute atomic E-state index is 0.156. The maximum Gasteiger partial charge on any atom is 0.294 e. The van der Waals surface area contributed by atoms with Crippen molar-refractivity contribution in [2.24, 2.45) is 5.84 Å². The van der Waals surface area contributed by atoms with Crippen molar-refractivity contribution in [2.75, 3.05) is 12.0 Å². The fourth-order valence-corrected chi connectivity index (χ4v) is 2.89. The first kappa shape index (κ1) is 15.2. The van der Waals surface area contributed by atoms with Crippen LogP contribution in [0.15, 0.2) is 18.2 Å². The van der Waals surface area contributed by atoms with Crippen LogP contribution < -0.4 is 11.3 Å². The van der Waals surface area contributed by atoms with Crippen molar-refractivity contribution in [1.82, 2.24) is 4.90 Å². The van der Waals surface area contributed by atoms with E-state index in [1.54, 1.807) is 6.07 Å². The number of hydrogen-bond donors (Lipinski definition) is 2. The molecule has 21 heavy (non-hydrogen) atoms. The van der Waals surface area contributed by atoms with E-state index in [-0.39, 0.29) is 23.3 Å². The number of carbonyl (C=O) groups is 1. The Morgan fingerprint density at radius 3 is 2.67 bits per heavy atom. The lowest BCUT2D eigenvalue weighted by Gasteiger charge is -2.27. The summed E-state index contributed by atoms with van der Waals surface area (Å²) in [6, 6.07) is 4.57.